The maximum Gasteiger partial charge on any atom is 0.358 e. The first-order valence-corrected chi connectivity index (χ1v) is 5.03. The number of carbonyl (C=O) groups is 1. The van der Waals surface area contributed by atoms with Crippen LogP contribution in [0.3, 0.4) is 0 Å². The molecule has 0 aliphatic rings. The van der Waals surface area contributed by atoms with E-state index < -0.39 is 11.8 Å². The Morgan fingerprint density at radius 2 is 2.24 bits per heavy atom. The fraction of sp³-hybridized carbons (Fsp3) is 0.0909. The lowest BCUT2D eigenvalue weighted by molar-refractivity contribution is 0.0689. The molecule has 0 aliphatic carbocycles. The number of aryl methyl sites for hydroxylation is 1. The predicted octanol–water partition coefficient (Wildman–Crippen LogP) is 3.14. The molecule has 17 heavy (non-hydrogen) atoms. The Kier molecular flexibility index (Phi) is 2.85. The molecule has 1 aromatic carbocycles. The van der Waals surface area contributed by atoms with E-state index in [1.807, 2.05) is 0 Å². The average molecular weight is 256 g/mol. The molecule has 1 aromatic heterocycles. The number of carboxylic acids is 1. The van der Waals surface area contributed by atoms with E-state index in [4.69, 9.17) is 21.1 Å². The molecule has 0 unspecified atom stereocenters. The Bertz CT molecular complexity index is 594. The summed E-state index contributed by atoms with van der Waals surface area (Å²) in [5.74, 6) is -1.78. The fourth-order valence-electron chi connectivity index (χ4n) is 1.37. The largest absolute Gasteiger partial charge is 0.476 e. The zero-order chi connectivity index (χ0) is 12.6. The van der Waals surface area contributed by atoms with E-state index >= 15 is 0 Å². The number of nitrogens with zero attached hydrogens (tertiary/aromatic N) is 1. The molecular formula is C11H7ClFNO3. The molecule has 6 heteroatoms. The molecule has 2 rings (SSSR count). The second kappa shape index (κ2) is 4.18. The summed E-state index contributed by atoms with van der Waals surface area (Å²) < 4.78 is 18.6. The van der Waals surface area contributed by atoms with Crippen LogP contribution in [0.2, 0.25) is 5.02 Å². The number of oxazole rings is 1. The number of benzene rings is 1. The number of halogens is 2. The third-order valence-electron chi connectivity index (χ3n) is 2.16. The average Bonchev–Trinajstić information content (AvgIpc) is 2.64. The molecule has 0 aliphatic heterocycles. The zero-order valence-electron chi connectivity index (χ0n) is 8.70. The summed E-state index contributed by atoms with van der Waals surface area (Å²) in [7, 11) is 0. The van der Waals surface area contributed by atoms with Gasteiger partial charge >= 0.3 is 5.97 Å². The number of aromatic carboxylic acids is 1. The number of aromatic nitrogens is 1. The molecule has 0 amide bonds. The van der Waals surface area contributed by atoms with Crippen molar-refractivity contribution in [1.82, 2.24) is 4.98 Å². The number of hydrogen-bond donors (Lipinski definition) is 1. The Hall–Kier alpha value is -1.88. The van der Waals surface area contributed by atoms with Gasteiger partial charge in [0.05, 0.1) is 5.56 Å². The number of rotatable bonds is 2. The van der Waals surface area contributed by atoms with Gasteiger partial charge in [0.25, 0.3) is 0 Å². The standard InChI is InChI=1S/C11H7ClFNO3/c1-5-9(11(15)16)14-10(17-5)7-4-6(12)2-3-8(7)13/h2-4H,1H3,(H,15,16). The van der Waals surface area contributed by atoms with Crippen molar-refractivity contribution in [2.24, 2.45) is 0 Å². The molecular weight excluding hydrogens is 249 g/mol. The number of carboxylic acid groups (broad SMARTS) is 1. The minimum atomic E-state index is -1.22. The first kappa shape index (κ1) is 11.6. The van der Waals surface area contributed by atoms with Crippen LogP contribution in [0.1, 0.15) is 16.2 Å². The molecule has 0 bridgehead atoms. The first-order chi connectivity index (χ1) is 7.99. The van der Waals surface area contributed by atoms with Gasteiger partial charge in [-0.1, -0.05) is 11.6 Å². The van der Waals surface area contributed by atoms with Crippen LogP contribution in [0, 0.1) is 12.7 Å². The van der Waals surface area contributed by atoms with Crippen LogP contribution < -0.4 is 0 Å². The van der Waals surface area contributed by atoms with Crippen molar-refractivity contribution in [3.05, 3.63) is 40.5 Å². The van der Waals surface area contributed by atoms with E-state index in [-0.39, 0.29) is 22.9 Å². The third-order valence-corrected chi connectivity index (χ3v) is 2.39. The SMILES string of the molecule is Cc1oc(-c2cc(Cl)ccc2F)nc1C(=O)O. The number of hydrogen-bond acceptors (Lipinski definition) is 3. The van der Waals surface area contributed by atoms with E-state index in [0.29, 0.717) is 5.02 Å². The monoisotopic (exact) mass is 255 g/mol. The Labute approximate surface area is 101 Å². The minimum absolute atomic E-state index is 0.0353. The molecule has 1 heterocycles. The van der Waals surface area contributed by atoms with Gasteiger partial charge in [-0.05, 0) is 25.1 Å². The second-order valence-corrected chi connectivity index (χ2v) is 3.79. The summed E-state index contributed by atoms with van der Waals surface area (Å²) in [6.07, 6.45) is 0. The molecule has 0 radical (unpaired) electrons. The van der Waals surface area contributed by atoms with Crippen molar-refractivity contribution in [3.63, 3.8) is 0 Å². The van der Waals surface area contributed by atoms with Gasteiger partial charge in [0.15, 0.2) is 5.69 Å². The summed E-state index contributed by atoms with van der Waals surface area (Å²) in [6, 6.07) is 3.87. The van der Waals surface area contributed by atoms with E-state index in [0.717, 1.165) is 6.07 Å². The van der Waals surface area contributed by atoms with Crippen molar-refractivity contribution >= 4 is 17.6 Å². The molecule has 4 nitrogen and oxygen atoms in total. The second-order valence-electron chi connectivity index (χ2n) is 3.35. The van der Waals surface area contributed by atoms with Gasteiger partial charge < -0.3 is 9.52 Å². The van der Waals surface area contributed by atoms with Gasteiger partial charge in [0.2, 0.25) is 5.89 Å². The smallest absolute Gasteiger partial charge is 0.358 e. The van der Waals surface area contributed by atoms with Gasteiger partial charge in [0, 0.05) is 5.02 Å². The lowest BCUT2D eigenvalue weighted by Gasteiger charge is -1.98. The normalized spacial score (nSPS) is 10.5. The highest BCUT2D eigenvalue weighted by Gasteiger charge is 2.19. The quantitative estimate of drug-likeness (QED) is 0.895. The molecule has 1 N–H and O–H groups in total. The highest BCUT2D eigenvalue weighted by Crippen LogP contribution is 2.27. The van der Waals surface area contributed by atoms with Crippen molar-refractivity contribution in [3.8, 4) is 11.5 Å². The van der Waals surface area contributed by atoms with Crippen molar-refractivity contribution in [2.75, 3.05) is 0 Å². The van der Waals surface area contributed by atoms with Gasteiger partial charge in [-0.25, -0.2) is 14.2 Å². The van der Waals surface area contributed by atoms with Crippen molar-refractivity contribution in [1.29, 1.82) is 0 Å². The molecule has 0 atom stereocenters. The van der Waals surface area contributed by atoms with Crippen LogP contribution >= 0.6 is 11.6 Å². The third kappa shape index (κ3) is 2.14. The Morgan fingerprint density at radius 1 is 1.53 bits per heavy atom. The van der Waals surface area contributed by atoms with Gasteiger partial charge in [0.1, 0.15) is 11.6 Å². The summed E-state index contributed by atoms with van der Waals surface area (Å²) in [4.78, 5) is 14.5. The summed E-state index contributed by atoms with van der Waals surface area (Å²) in [5.41, 5.74) is -0.201. The Morgan fingerprint density at radius 3 is 2.82 bits per heavy atom. The summed E-state index contributed by atoms with van der Waals surface area (Å²) in [6.45, 7) is 1.45. The summed E-state index contributed by atoms with van der Waals surface area (Å²) in [5, 5.41) is 9.12. The molecule has 0 saturated heterocycles. The first-order valence-electron chi connectivity index (χ1n) is 4.65. The van der Waals surface area contributed by atoms with Crippen LogP contribution in [0.15, 0.2) is 22.6 Å². The molecule has 2 aromatic rings. The lowest BCUT2D eigenvalue weighted by Crippen LogP contribution is -1.98. The molecule has 0 saturated carbocycles. The van der Waals surface area contributed by atoms with E-state index in [1.165, 1.54) is 19.1 Å². The van der Waals surface area contributed by atoms with Crippen LogP contribution in [0.4, 0.5) is 4.39 Å². The maximum absolute atomic E-state index is 13.5. The Balaban J connectivity index is 2.57. The zero-order valence-corrected chi connectivity index (χ0v) is 9.45. The minimum Gasteiger partial charge on any atom is -0.476 e. The molecule has 88 valence electrons. The van der Waals surface area contributed by atoms with Gasteiger partial charge in [-0.3, -0.25) is 0 Å². The molecule has 0 spiro atoms. The van der Waals surface area contributed by atoms with Crippen LogP contribution in [-0.4, -0.2) is 16.1 Å². The lowest BCUT2D eigenvalue weighted by atomic mass is 10.2. The van der Waals surface area contributed by atoms with E-state index in [1.54, 1.807) is 0 Å². The maximum atomic E-state index is 13.5. The fourth-order valence-corrected chi connectivity index (χ4v) is 1.54. The van der Waals surface area contributed by atoms with Crippen molar-refractivity contribution in [2.45, 2.75) is 6.92 Å². The highest BCUT2D eigenvalue weighted by atomic mass is 35.5. The van der Waals surface area contributed by atoms with Gasteiger partial charge in [-0.15, -0.1) is 0 Å². The molecule has 0 fully saturated rings. The highest BCUT2D eigenvalue weighted by molar-refractivity contribution is 6.30. The van der Waals surface area contributed by atoms with E-state index in [2.05, 4.69) is 4.98 Å². The van der Waals surface area contributed by atoms with Crippen LogP contribution in [0.5, 0.6) is 0 Å². The summed E-state index contributed by atoms with van der Waals surface area (Å²) >= 11 is 5.72. The van der Waals surface area contributed by atoms with Crippen molar-refractivity contribution < 1.29 is 18.7 Å². The van der Waals surface area contributed by atoms with Crippen LogP contribution in [-0.2, 0) is 0 Å². The van der Waals surface area contributed by atoms with E-state index in [9.17, 15) is 9.18 Å². The van der Waals surface area contributed by atoms with Crippen LogP contribution in [0.25, 0.3) is 11.5 Å². The van der Waals surface area contributed by atoms with Gasteiger partial charge in [-0.2, -0.15) is 0 Å². The topological polar surface area (TPSA) is 63.3 Å². The predicted molar refractivity (Wildman–Crippen MR) is 58.6 cm³/mol.